The van der Waals surface area contributed by atoms with Gasteiger partial charge in [-0.2, -0.15) is 5.10 Å². The number of methoxy groups -OCH3 is 1. The van der Waals surface area contributed by atoms with Crippen LogP contribution in [-0.4, -0.2) is 38.1 Å². The summed E-state index contributed by atoms with van der Waals surface area (Å²) < 4.78 is 8.76. The van der Waals surface area contributed by atoms with Gasteiger partial charge in [0.05, 0.1) is 18.3 Å². The van der Waals surface area contributed by atoms with E-state index in [1.165, 1.54) is 13.2 Å². The molecule has 0 aliphatic carbocycles. The van der Waals surface area contributed by atoms with E-state index in [2.05, 4.69) is 15.2 Å². The normalized spacial score (nSPS) is 11.3. The lowest BCUT2D eigenvalue weighted by atomic mass is 10.1. The molecule has 0 fully saturated rings. The van der Waals surface area contributed by atoms with E-state index >= 15 is 0 Å². The molecule has 0 aliphatic rings. The van der Waals surface area contributed by atoms with E-state index < -0.39 is 5.91 Å². The zero-order chi connectivity index (χ0) is 21.1. The maximum atomic E-state index is 13.3. The summed E-state index contributed by atoms with van der Waals surface area (Å²) in [6.45, 7) is 6.56. The van der Waals surface area contributed by atoms with Gasteiger partial charge in [-0.1, -0.05) is 12.2 Å². The first-order valence-electron chi connectivity index (χ1n) is 9.15. The second kappa shape index (κ2) is 8.17. The molecule has 150 valence electrons. The minimum atomic E-state index is -0.698. The number of amides is 1. The summed E-state index contributed by atoms with van der Waals surface area (Å²) in [6, 6.07) is 4.79. The zero-order valence-electron chi connectivity index (χ0n) is 16.8. The first kappa shape index (κ1) is 20.1. The number of ether oxygens (including phenoxy) is 1. The van der Waals surface area contributed by atoms with Crippen LogP contribution in [0.25, 0.3) is 11.0 Å². The number of carbonyl (C=O) groups is 2. The maximum Gasteiger partial charge on any atom is 0.295 e. The van der Waals surface area contributed by atoms with Gasteiger partial charge < -0.3 is 9.30 Å². The molecule has 3 aromatic rings. The van der Waals surface area contributed by atoms with Crippen LogP contribution in [0.3, 0.4) is 0 Å². The molecular weight excluding hydrogens is 372 g/mol. The molecule has 9 heteroatoms. The van der Waals surface area contributed by atoms with Crippen molar-refractivity contribution >= 4 is 22.7 Å². The Morgan fingerprint density at radius 2 is 2.07 bits per heavy atom. The van der Waals surface area contributed by atoms with Gasteiger partial charge in [0.25, 0.3) is 5.91 Å². The summed E-state index contributed by atoms with van der Waals surface area (Å²) >= 11 is 0. The van der Waals surface area contributed by atoms with Crippen molar-refractivity contribution in [1.82, 2.24) is 19.3 Å². The molecule has 1 amide bonds. The molecule has 1 N–H and O–H groups in total. The van der Waals surface area contributed by atoms with Crippen LogP contribution in [-0.2, 0) is 13.1 Å². The molecule has 0 atom stereocenters. The second-order valence-electron chi connectivity index (χ2n) is 6.39. The van der Waals surface area contributed by atoms with Crippen molar-refractivity contribution in [2.75, 3.05) is 7.11 Å². The van der Waals surface area contributed by atoms with Gasteiger partial charge in [-0.3, -0.25) is 14.3 Å². The Morgan fingerprint density at radius 1 is 1.31 bits per heavy atom. The summed E-state index contributed by atoms with van der Waals surface area (Å²) in [4.78, 5) is 29.9. The van der Waals surface area contributed by atoms with E-state index in [-0.39, 0.29) is 17.2 Å². The van der Waals surface area contributed by atoms with E-state index in [9.17, 15) is 9.59 Å². The molecule has 0 saturated heterocycles. The number of nitrogens with zero attached hydrogens (tertiary/aromatic N) is 5. The lowest BCUT2D eigenvalue weighted by Crippen LogP contribution is -2.16. The number of imidazole rings is 1. The molecule has 0 aliphatic heterocycles. The van der Waals surface area contributed by atoms with Gasteiger partial charge in [0.1, 0.15) is 17.0 Å². The van der Waals surface area contributed by atoms with E-state index in [4.69, 9.17) is 10.3 Å². The maximum absolute atomic E-state index is 13.3. The van der Waals surface area contributed by atoms with Crippen LogP contribution in [0, 0.1) is 12.5 Å². The van der Waals surface area contributed by atoms with Gasteiger partial charge in [-0.15, -0.1) is 5.11 Å². The highest BCUT2D eigenvalue weighted by molar-refractivity contribution is 6.08. The van der Waals surface area contributed by atoms with Crippen molar-refractivity contribution in [3.63, 3.8) is 0 Å². The van der Waals surface area contributed by atoms with Crippen molar-refractivity contribution in [2.24, 2.45) is 5.11 Å². The van der Waals surface area contributed by atoms with Crippen molar-refractivity contribution in [3.8, 4) is 5.75 Å². The quantitative estimate of drug-likeness (QED) is 0.374. The summed E-state index contributed by atoms with van der Waals surface area (Å²) in [5.74, 6) is -0.411. The summed E-state index contributed by atoms with van der Waals surface area (Å²) in [6.07, 6.45) is 3.75. The van der Waals surface area contributed by atoms with Crippen LogP contribution in [0.5, 0.6) is 5.75 Å². The zero-order valence-corrected chi connectivity index (χ0v) is 16.8. The van der Waals surface area contributed by atoms with Crippen LogP contribution in [0.4, 0.5) is 0 Å². The molecule has 0 unspecified atom stereocenters. The highest BCUT2D eigenvalue weighted by Gasteiger charge is 2.25. The van der Waals surface area contributed by atoms with Crippen molar-refractivity contribution in [2.45, 2.75) is 33.9 Å². The lowest BCUT2D eigenvalue weighted by Gasteiger charge is -2.08. The molecule has 2 aromatic heterocycles. The fraction of sp³-hybridized carbons (Fsp3) is 0.300. The van der Waals surface area contributed by atoms with Gasteiger partial charge in [0.2, 0.25) is 5.78 Å². The average molecular weight is 394 g/mol. The largest absolute Gasteiger partial charge is 0.494 e. The van der Waals surface area contributed by atoms with E-state index in [1.54, 1.807) is 21.4 Å². The monoisotopic (exact) mass is 394 g/mol. The minimum absolute atomic E-state index is 0.194. The number of ketones is 1. The predicted molar refractivity (Wildman–Crippen MR) is 107 cm³/mol. The third-order valence-corrected chi connectivity index (χ3v) is 4.55. The molecule has 29 heavy (non-hydrogen) atoms. The Bertz CT molecular complexity index is 1140. The molecule has 0 saturated carbocycles. The standard InChI is InChI=1S/C20H22N6O3/c1-5-7-8-25-14-10-13(20(28)23-21)11-16(29-4)17(14)22-19(25)18(27)15-9-12(3)24-26(15)6-2/h5,7,9-11,21H,6,8H2,1-4H3. The SMILES string of the molecule is CC=CCn1c(C(=O)c2cc(C)nn2CC)nc2c(OC)cc(C(=O)N=N)cc21. The van der Waals surface area contributed by atoms with E-state index in [0.717, 1.165) is 5.69 Å². The minimum Gasteiger partial charge on any atom is -0.494 e. The lowest BCUT2D eigenvalue weighted by molar-refractivity contribution is 0.0988. The molecule has 3 rings (SSSR count). The highest BCUT2D eigenvalue weighted by atomic mass is 16.5. The van der Waals surface area contributed by atoms with Gasteiger partial charge in [-0.25, -0.2) is 10.5 Å². The van der Waals surface area contributed by atoms with Gasteiger partial charge in [0, 0.05) is 18.7 Å². The Balaban J connectivity index is 2.29. The number of hydrogen-bond donors (Lipinski definition) is 1. The van der Waals surface area contributed by atoms with Crippen molar-refractivity contribution in [1.29, 1.82) is 5.53 Å². The summed E-state index contributed by atoms with van der Waals surface area (Å²) in [5, 5.41) is 7.33. The summed E-state index contributed by atoms with van der Waals surface area (Å²) in [5.41, 5.74) is 9.41. The number of nitrogens with one attached hydrogen (secondary N) is 1. The van der Waals surface area contributed by atoms with Crippen LogP contribution in [0.15, 0.2) is 35.5 Å². The predicted octanol–water partition coefficient (Wildman–Crippen LogP) is 3.55. The smallest absolute Gasteiger partial charge is 0.295 e. The van der Waals surface area contributed by atoms with Crippen LogP contribution in [0.1, 0.15) is 46.2 Å². The topological polar surface area (TPSA) is 115 Å². The molecular formula is C20H22N6O3. The van der Waals surface area contributed by atoms with Gasteiger partial charge in [-0.05, 0) is 39.0 Å². The number of aryl methyl sites for hydroxylation is 2. The Hall–Kier alpha value is -3.62. The first-order chi connectivity index (χ1) is 13.9. The fourth-order valence-electron chi connectivity index (χ4n) is 3.19. The van der Waals surface area contributed by atoms with Gasteiger partial charge >= 0.3 is 0 Å². The molecule has 0 bridgehead atoms. The van der Waals surface area contributed by atoms with E-state index in [1.807, 2.05) is 32.9 Å². The third kappa shape index (κ3) is 3.58. The number of rotatable bonds is 7. The number of hydrogen-bond acceptors (Lipinski definition) is 6. The van der Waals surface area contributed by atoms with Crippen molar-refractivity contribution in [3.05, 3.63) is 53.1 Å². The molecule has 0 spiro atoms. The second-order valence-corrected chi connectivity index (χ2v) is 6.39. The Labute approximate surface area is 167 Å². The molecule has 9 nitrogen and oxygen atoms in total. The number of carbonyl (C=O) groups excluding carboxylic acids is 2. The Morgan fingerprint density at radius 3 is 2.69 bits per heavy atom. The highest BCUT2D eigenvalue weighted by Crippen LogP contribution is 2.29. The average Bonchev–Trinajstić information content (AvgIpc) is 3.30. The number of fused-ring (bicyclic) bond motifs is 1. The Kier molecular flexibility index (Phi) is 5.67. The third-order valence-electron chi connectivity index (χ3n) is 4.55. The fourth-order valence-corrected chi connectivity index (χ4v) is 3.19. The number of allylic oxidation sites excluding steroid dienone is 2. The number of aromatic nitrogens is 4. The van der Waals surface area contributed by atoms with Crippen LogP contribution in [0.2, 0.25) is 0 Å². The van der Waals surface area contributed by atoms with Crippen LogP contribution >= 0.6 is 0 Å². The van der Waals surface area contributed by atoms with Crippen LogP contribution < -0.4 is 4.74 Å². The molecule has 2 heterocycles. The summed E-state index contributed by atoms with van der Waals surface area (Å²) in [7, 11) is 1.46. The van der Waals surface area contributed by atoms with Gasteiger partial charge in [0.15, 0.2) is 5.82 Å². The molecule has 0 radical (unpaired) electrons. The number of benzene rings is 1. The molecule has 1 aromatic carbocycles. The van der Waals surface area contributed by atoms with E-state index in [0.29, 0.717) is 35.6 Å². The van der Waals surface area contributed by atoms with Crippen molar-refractivity contribution < 1.29 is 14.3 Å². The first-order valence-corrected chi connectivity index (χ1v) is 9.15.